The average Bonchev–Trinajstić information content (AvgIpc) is 2.51. The van der Waals surface area contributed by atoms with Crippen molar-refractivity contribution in [2.75, 3.05) is 6.61 Å². The maximum Gasteiger partial charge on any atom is 0.277 e. The Morgan fingerprint density at radius 3 is 2.92 bits per heavy atom. The molecule has 8 heteroatoms. The molecular formula is C16H13BrClIN2O3. The Morgan fingerprint density at radius 1 is 1.46 bits per heavy atom. The molecule has 0 aliphatic carbocycles. The number of nitrogens with one attached hydrogen (secondary N) is 1. The summed E-state index contributed by atoms with van der Waals surface area (Å²) in [5.74, 6) is 0.271. The van der Waals surface area contributed by atoms with E-state index in [1.807, 2.05) is 29.5 Å². The third kappa shape index (κ3) is 5.35. The van der Waals surface area contributed by atoms with Gasteiger partial charge in [-0.2, -0.15) is 5.10 Å². The normalized spacial score (nSPS) is 10.8. The predicted octanol–water partition coefficient (Wildman–Crippen LogP) is 4.25. The van der Waals surface area contributed by atoms with E-state index in [2.05, 4.69) is 26.5 Å². The van der Waals surface area contributed by atoms with Crippen molar-refractivity contribution in [2.24, 2.45) is 5.10 Å². The zero-order valence-electron chi connectivity index (χ0n) is 12.5. The van der Waals surface area contributed by atoms with Crippen molar-refractivity contribution in [1.82, 2.24) is 5.43 Å². The quantitative estimate of drug-likeness (QED) is 0.350. The second-order valence-electron chi connectivity index (χ2n) is 4.82. The molecule has 0 saturated carbocycles. The van der Waals surface area contributed by atoms with Crippen LogP contribution in [0.1, 0.15) is 11.1 Å². The first-order valence-corrected chi connectivity index (χ1v) is 9.00. The van der Waals surface area contributed by atoms with Crippen molar-refractivity contribution in [3.8, 4) is 11.5 Å². The first-order valence-electron chi connectivity index (χ1n) is 6.75. The number of carbonyl (C=O) groups is 1. The van der Waals surface area contributed by atoms with Crippen molar-refractivity contribution in [2.45, 2.75) is 6.92 Å². The summed E-state index contributed by atoms with van der Waals surface area (Å²) in [5, 5.41) is 14.4. The molecule has 0 unspecified atom stereocenters. The third-order valence-electron chi connectivity index (χ3n) is 2.95. The lowest BCUT2D eigenvalue weighted by atomic mass is 10.2. The Kier molecular flexibility index (Phi) is 6.88. The summed E-state index contributed by atoms with van der Waals surface area (Å²) in [5.41, 5.74) is 3.68. The van der Waals surface area contributed by atoms with E-state index >= 15 is 0 Å². The van der Waals surface area contributed by atoms with E-state index in [0.717, 1.165) is 10.0 Å². The summed E-state index contributed by atoms with van der Waals surface area (Å²) in [6.07, 6.45) is 1.37. The van der Waals surface area contributed by atoms with Crippen LogP contribution in [0.15, 0.2) is 39.9 Å². The standard InChI is InChI=1S/C16H13BrClIN2O3/c1-9-4-12(18)2-3-14(9)24-8-15(22)21-20-7-10-5-11(17)6-13(19)16(10)23/h2-7,23H,8H2,1H3,(H,21,22)/b20-7-. The van der Waals surface area contributed by atoms with Gasteiger partial charge in [-0.3, -0.25) is 4.79 Å². The van der Waals surface area contributed by atoms with Gasteiger partial charge in [0.2, 0.25) is 0 Å². The molecule has 0 radical (unpaired) electrons. The lowest BCUT2D eigenvalue weighted by molar-refractivity contribution is -0.123. The van der Waals surface area contributed by atoms with E-state index in [1.54, 1.807) is 30.3 Å². The SMILES string of the molecule is Cc1cc(Cl)ccc1OCC(=O)N/N=C\c1cc(Br)cc(I)c1O. The van der Waals surface area contributed by atoms with Crippen LogP contribution in [0.4, 0.5) is 0 Å². The largest absolute Gasteiger partial charge is 0.506 e. The summed E-state index contributed by atoms with van der Waals surface area (Å²) < 4.78 is 6.90. The highest BCUT2D eigenvalue weighted by Gasteiger charge is 2.07. The number of carbonyl (C=O) groups excluding carboxylic acids is 1. The van der Waals surface area contributed by atoms with Gasteiger partial charge >= 0.3 is 0 Å². The van der Waals surface area contributed by atoms with E-state index in [1.165, 1.54) is 6.21 Å². The Labute approximate surface area is 166 Å². The number of hydrogen-bond acceptors (Lipinski definition) is 4. The third-order valence-corrected chi connectivity index (χ3v) is 4.46. The minimum absolute atomic E-state index is 0.102. The zero-order chi connectivity index (χ0) is 17.7. The molecule has 0 aromatic heterocycles. The van der Waals surface area contributed by atoms with Crippen molar-refractivity contribution < 1.29 is 14.6 Å². The first-order chi connectivity index (χ1) is 11.4. The number of rotatable bonds is 5. The molecule has 2 aromatic carbocycles. The highest BCUT2D eigenvalue weighted by Crippen LogP contribution is 2.27. The lowest BCUT2D eigenvalue weighted by Gasteiger charge is -2.08. The van der Waals surface area contributed by atoms with Crippen molar-refractivity contribution in [1.29, 1.82) is 0 Å². The van der Waals surface area contributed by atoms with Crippen molar-refractivity contribution in [3.05, 3.63) is 54.5 Å². The molecule has 0 heterocycles. The average molecular weight is 524 g/mol. The van der Waals surface area contributed by atoms with E-state index in [9.17, 15) is 9.90 Å². The van der Waals surface area contributed by atoms with Gasteiger partial charge in [-0.25, -0.2) is 5.43 Å². The molecule has 0 bridgehead atoms. The molecule has 126 valence electrons. The number of phenolic OH excluding ortho intramolecular Hbond substituents is 1. The van der Waals surface area contributed by atoms with Crippen LogP contribution in [0, 0.1) is 10.5 Å². The second-order valence-corrected chi connectivity index (χ2v) is 7.33. The minimum atomic E-state index is -0.412. The zero-order valence-corrected chi connectivity index (χ0v) is 17.0. The molecule has 2 aromatic rings. The van der Waals surface area contributed by atoms with Gasteiger partial charge in [0.1, 0.15) is 11.5 Å². The number of aromatic hydroxyl groups is 1. The maximum atomic E-state index is 11.8. The maximum absolute atomic E-state index is 11.8. The van der Waals surface area contributed by atoms with Crippen LogP contribution in [0.3, 0.4) is 0 Å². The van der Waals surface area contributed by atoms with Gasteiger partial charge in [0.05, 0.1) is 9.78 Å². The van der Waals surface area contributed by atoms with Crippen LogP contribution >= 0.6 is 50.1 Å². The molecule has 5 nitrogen and oxygen atoms in total. The van der Waals surface area contributed by atoms with Crippen molar-refractivity contribution >= 4 is 62.2 Å². The summed E-state index contributed by atoms with van der Waals surface area (Å²) in [4.78, 5) is 11.8. The first kappa shape index (κ1) is 19.0. The number of ether oxygens (including phenoxy) is 1. The van der Waals surface area contributed by atoms with Crippen LogP contribution < -0.4 is 10.2 Å². The lowest BCUT2D eigenvalue weighted by Crippen LogP contribution is -2.24. The number of hydrazone groups is 1. The Hall–Kier alpha value is -1.32. The van der Waals surface area contributed by atoms with Crippen LogP contribution in [-0.2, 0) is 4.79 Å². The van der Waals surface area contributed by atoms with Gasteiger partial charge in [0.15, 0.2) is 6.61 Å². The number of aryl methyl sites for hydroxylation is 1. The summed E-state index contributed by atoms with van der Waals surface area (Å²) in [7, 11) is 0. The van der Waals surface area contributed by atoms with Gasteiger partial charge in [-0.1, -0.05) is 27.5 Å². The van der Waals surface area contributed by atoms with Crippen LogP contribution in [0.2, 0.25) is 5.02 Å². The minimum Gasteiger partial charge on any atom is -0.506 e. The van der Waals surface area contributed by atoms with Gasteiger partial charge in [0.25, 0.3) is 5.91 Å². The van der Waals surface area contributed by atoms with Crippen LogP contribution in [0.5, 0.6) is 11.5 Å². The summed E-state index contributed by atoms with van der Waals surface area (Å²) >= 11 is 11.2. The highest BCUT2D eigenvalue weighted by atomic mass is 127. The molecule has 2 rings (SSSR count). The second kappa shape index (κ2) is 8.68. The summed E-state index contributed by atoms with van der Waals surface area (Å²) in [6.45, 7) is 1.66. The highest BCUT2D eigenvalue weighted by molar-refractivity contribution is 14.1. The van der Waals surface area contributed by atoms with E-state index in [0.29, 0.717) is 19.9 Å². The molecule has 0 atom stereocenters. The molecular weight excluding hydrogens is 510 g/mol. The number of phenols is 1. The molecule has 0 aliphatic rings. The monoisotopic (exact) mass is 522 g/mol. The number of halogens is 3. The molecule has 24 heavy (non-hydrogen) atoms. The molecule has 0 aliphatic heterocycles. The molecule has 0 fully saturated rings. The van der Waals surface area contributed by atoms with E-state index < -0.39 is 5.91 Å². The number of benzene rings is 2. The number of amides is 1. The molecule has 0 saturated heterocycles. The van der Waals surface area contributed by atoms with Crippen LogP contribution in [0.25, 0.3) is 0 Å². The van der Waals surface area contributed by atoms with Crippen LogP contribution in [-0.4, -0.2) is 23.8 Å². The van der Waals surface area contributed by atoms with E-state index in [4.69, 9.17) is 16.3 Å². The van der Waals surface area contributed by atoms with Gasteiger partial charge in [-0.15, -0.1) is 0 Å². The molecule has 2 N–H and O–H groups in total. The summed E-state index contributed by atoms with van der Waals surface area (Å²) in [6, 6.07) is 8.62. The Balaban J connectivity index is 1.91. The fraction of sp³-hybridized carbons (Fsp3) is 0.125. The molecule has 1 amide bonds. The molecule has 0 spiro atoms. The van der Waals surface area contributed by atoms with Gasteiger partial charge in [0, 0.05) is 15.1 Å². The van der Waals surface area contributed by atoms with Crippen molar-refractivity contribution in [3.63, 3.8) is 0 Å². The Morgan fingerprint density at radius 2 is 2.21 bits per heavy atom. The predicted molar refractivity (Wildman–Crippen MR) is 106 cm³/mol. The fourth-order valence-corrected chi connectivity index (χ4v) is 3.59. The fourth-order valence-electron chi connectivity index (χ4n) is 1.81. The van der Waals surface area contributed by atoms with Gasteiger partial charge in [-0.05, 0) is 65.4 Å². The van der Waals surface area contributed by atoms with E-state index in [-0.39, 0.29) is 12.4 Å². The van der Waals surface area contributed by atoms with Gasteiger partial charge < -0.3 is 9.84 Å². The Bertz CT molecular complexity index is 799. The topological polar surface area (TPSA) is 70.9 Å². The number of hydrogen-bond donors (Lipinski definition) is 2. The smallest absolute Gasteiger partial charge is 0.277 e. The number of nitrogens with zero attached hydrogens (tertiary/aromatic N) is 1.